The quantitative estimate of drug-likeness (QED) is 0.328. The molecule has 3 rings (SSSR count). The van der Waals surface area contributed by atoms with Gasteiger partial charge in [0.2, 0.25) is 0 Å². The highest BCUT2D eigenvalue weighted by atomic mass is 127. The van der Waals surface area contributed by atoms with Crippen molar-refractivity contribution < 1.29 is 29.0 Å². The number of hydrogen-bond donors (Lipinski definition) is 2. The molecule has 3 amide bonds. The summed E-state index contributed by atoms with van der Waals surface area (Å²) in [7, 11) is 1.50. The van der Waals surface area contributed by atoms with E-state index in [2.05, 4.69) is 27.9 Å². The molecule has 30 heavy (non-hydrogen) atoms. The number of imide groups is 1. The van der Waals surface area contributed by atoms with Crippen LogP contribution in [0.5, 0.6) is 11.5 Å². The van der Waals surface area contributed by atoms with Gasteiger partial charge in [0.05, 0.1) is 16.2 Å². The van der Waals surface area contributed by atoms with Gasteiger partial charge in [-0.1, -0.05) is 12.1 Å². The molecule has 0 bridgehead atoms. The molecule has 2 N–H and O–H groups in total. The number of hydrogen-bond acceptors (Lipinski definition) is 5. The Morgan fingerprint density at radius 3 is 2.67 bits per heavy atom. The van der Waals surface area contributed by atoms with Crippen molar-refractivity contribution in [3.63, 3.8) is 0 Å². The van der Waals surface area contributed by atoms with Crippen molar-refractivity contribution in [2.75, 3.05) is 13.7 Å². The zero-order valence-corrected chi connectivity index (χ0v) is 18.4. The Labute approximate surface area is 186 Å². The molecule has 156 valence electrons. The summed E-state index contributed by atoms with van der Waals surface area (Å²) in [6.45, 7) is 2.18. The molecule has 2 aromatic carbocycles. The van der Waals surface area contributed by atoms with Crippen LogP contribution >= 0.6 is 22.6 Å². The van der Waals surface area contributed by atoms with E-state index in [4.69, 9.17) is 14.6 Å². The second-order valence-corrected chi connectivity index (χ2v) is 7.53. The Kier molecular flexibility index (Phi) is 6.60. The molecule has 1 heterocycles. The van der Waals surface area contributed by atoms with Gasteiger partial charge in [0.15, 0.2) is 11.5 Å². The van der Waals surface area contributed by atoms with E-state index >= 15 is 0 Å². The van der Waals surface area contributed by atoms with Gasteiger partial charge in [0.25, 0.3) is 5.91 Å². The van der Waals surface area contributed by atoms with E-state index in [0.29, 0.717) is 29.2 Å². The van der Waals surface area contributed by atoms with Crippen molar-refractivity contribution in [1.29, 1.82) is 0 Å². The van der Waals surface area contributed by atoms with Gasteiger partial charge in [-0.25, -0.2) is 9.59 Å². The lowest BCUT2D eigenvalue weighted by Crippen LogP contribution is -2.30. The SMILES string of the molecule is CCN1C(=O)N/C(=C/c2cc(I)c(OCc3cccc(C(=O)O)c3)c(OC)c2)C1=O. The molecule has 0 unspecified atom stereocenters. The third kappa shape index (κ3) is 4.56. The minimum absolute atomic E-state index is 0.161. The molecular formula is C21H19IN2O6. The zero-order valence-electron chi connectivity index (χ0n) is 16.3. The number of likely N-dealkylation sites (N-methyl/N-ethyl adjacent to an activating group) is 1. The van der Waals surface area contributed by atoms with Crippen molar-refractivity contribution in [3.05, 3.63) is 62.4 Å². The highest BCUT2D eigenvalue weighted by molar-refractivity contribution is 14.1. The van der Waals surface area contributed by atoms with Crippen LogP contribution in [0.1, 0.15) is 28.4 Å². The smallest absolute Gasteiger partial charge is 0.335 e. The van der Waals surface area contributed by atoms with E-state index in [9.17, 15) is 14.4 Å². The summed E-state index contributed by atoms with van der Waals surface area (Å²) in [5.74, 6) is -0.433. The van der Waals surface area contributed by atoms with Crippen molar-refractivity contribution in [3.8, 4) is 11.5 Å². The van der Waals surface area contributed by atoms with Crippen molar-refractivity contribution >= 4 is 46.6 Å². The van der Waals surface area contributed by atoms with Gasteiger partial charge in [-0.3, -0.25) is 9.69 Å². The fourth-order valence-electron chi connectivity index (χ4n) is 2.94. The lowest BCUT2D eigenvalue weighted by Gasteiger charge is -2.14. The van der Waals surface area contributed by atoms with Gasteiger partial charge in [-0.2, -0.15) is 0 Å². The van der Waals surface area contributed by atoms with Gasteiger partial charge in [0.1, 0.15) is 12.3 Å². The first-order valence-corrected chi connectivity index (χ1v) is 10.1. The van der Waals surface area contributed by atoms with Gasteiger partial charge < -0.3 is 19.9 Å². The van der Waals surface area contributed by atoms with Crippen LogP contribution in [0.2, 0.25) is 0 Å². The van der Waals surface area contributed by atoms with Crippen LogP contribution in [-0.4, -0.2) is 41.6 Å². The summed E-state index contributed by atoms with van der Waals surface area (Å²) in [5, 5.41) is 11.7. The van der Waals surface area contributed by atoms with Gasteiger partial charge in [-0.05, 0) is 71.0 Å². The first kappa shape index (κ1) is 21.6. The van der Waals surface area contributed by atoms with E-state index in [1.165, 1.54) is 13.2 Å². The number of nitrogens with zero attached hydrogens (tertiary/aromatic N) is 1. The number of ether oxygens (including phenoxy) is 2. The van der Waals surface area contributed by atoms with E-state index < -0.39 is 12.0 Å². The molecule has 2 aromatic rings. The number of urea groups is 1. The van der Waals surface area contributed by atoms with Gasteiger partial charge in [0, 0.05) is 6.54 Å². The fraction of sp³-hybridized carbons (Fsp3) is 0.190. The van der Waals surface area contributed by atoms with Gasteiger partial charge in [-0.15, -0.1) is 0 Å². The van der Waals surface area contributed by atoms with Crippen molar-refractivity contribution in [1.82, 2.24) is 10.2 Å². The Bertz CT molecular complexity index is 1050. The molecule has 9 heteroatoms. The van der Waals surface area contributed by atoms with Crippen LogP contribution in [0.25, 0.3) is 6.08 Å². The van der Waals surface area contributed by atoms with E-state index in [1.54, 1.807) is 43.3 Å². The Morgan fingerprint density at radius 1 is 1.27 bits per heavy atom. The van der Waals surface area contributed by atoms with Crippen molar-refractivity contribution in [2.24, 2.45) is 0 Å². The van der Waals surface area contributed by atoms with E-state index in [-0.39, 0.29) is 23.8 Å². The Morgan fingerprint density at radius 2 is 2.03 bits per heavy atom. The number of methoxy groups -OCH3 is 1. The molecule has 0 aliphatic carbocycles. The zero-order chi connectivity index (χ0) is 21.8. The predicted octanol–water partition coefficient (Wildman–Crippen LogP) is 3.49. The number of carboxylic acids is 1. The number of rotatable bonds is 7. The molecule has 0 aromatic heterocycles. The largest absolute Gasteiger partial charge is 0.493 e. The third-order valence-electron chi connectivity index (χ3n) is 4.40. The summed E-state index contributed by atoms with van der Waals surface area (Å²) >= 11 is 2.09. The molecule has 0 radical (unpaired) electrons. The van der Waals surface area contributed by atoms with Crippen LogP contribution < -0.4 is 14.8 Å². The maximum atomic E-state index is 12.3. The number of carbonyl (C=O) groups is 3. The molecule has 1 aliphatic rings. The molecule has 0 atom stereocenters. The maximum absolute atomic E-state index is 12.3. The molecule has 0 spiro atoms. The molecule has 1 fully saturated rings. The second kappa shape index (κ2) is 9.16. The molecule has 8 nitrogen and oxygen atoms in total. The fourth-order valence-corrected chi connectivity index (χ4v) is 3.72. The highest BCUT2D eigenvalue weighted by Crippen LogP contribution is 2.35. The molecule has 1 aliphatic heterocycles. The number of halogens is 1. The summed E-state index contributed by atoms with van der Waals surface area (Å²) in [6, 6.07) is 9.55. The summed E-state index contributed by atoms with van der Waals surface area (Å²) in [4.78, 5) is 36.3. The number of carboxylic acid groups (broad SMARTS) is 1. The number of carbonyl (C=O) groups excluding carboxylic acids is 2. The lowest BCUT2D eigenvalue weighted by atomic mass is 10.1. The summed E-state index contributed by atoms with van der Waals surface area (Å²) in [5.41, 5.74) is 1.75. The van der Waals surface area contributed by atoms with Crippen molar-refractivity contribution in [2.45, 2.75) is 13.5 Å². The van der Waals surface area contributed by atoms with E-state index in [1.807, 2.05) is 0 Å². The van der Waals surface area contributed by atoms with Crippen LogP contribution in [0.4, 0.5) is 4.79 Å². The second-order valence-electron chi connectivity index (χ2n) is 6.37. The minimum Gasteiger partial charge on any atom is -0.493 e. The molecule has 0 saturated carbocycles. The Hall–Kier alpha value is -3.08. The number of nitrogens with one attached hydrogen (secondary N) is 1. The number of amides is 3. The van der Waals surface area contributed by atoms with Crippen LogP contribution in [0, 0.1) is 3.57 Å². The molecule has 1 saturated heterocycles. The normalized spacial score (nSPS) is 14.8. The highest BCUT2D eigenvalue weighted by Gasteiger charge is 2.32. The predicted molar refractivity (Wildman–Crippen MR) is 117 cm³/mol. The summed E-state index contributed by atoms with van der Waals surface area (Å²) in [6.07, 6.45) is 1.58. The minimum atomic E-state index is -1.00. The standard InChI is InChI=1S/C21H19IN2O6/c1-3-24-19(25)16(23-21(24)28)9-13-8-15(22)18(17(10-13)29-2)30-11-12-5-4-6-14(7-12)20(26)27/h4-10H,3,11H2,1-2H3,(H,23,28)(H,26,27)/b16-9+. The average molecular weight is 522 g/mol. The maximum Gasteiger partial charge on any atom is 0.335 e. The topological polar surface area (TPSA) is 105 Å². The number of aromatic carboxylic acids is 1. The number of benzene rings is 2. The molecular weight excluding hydrogens is 503 g/mol. The van der Waals surface area contributed by atoms with Crippen LogP contribution in [0.3, 0.4) is 0 Å². The summed E-state index contributed by atoms with van der Waals surface area (Å²) < 4.78 is 12.1. The van der Waals surface area contributed by atoms with Gasteiger partial charge >= 0.3 is 12.0 Å². The first-order valence-electron chi connectivity index (χ1n) is 9.01. The first-order chi connectivity index (χ1) is 14.3. The van der Waals surface area contributed by atoms with Crippen LogP contribution in [-0.2, 0) is 11.4 Å². The average Bonchev–Trinajstić information content (AvgIpc) is 2.99. The van der Waals surface area contributed by atoms with Crippen LogP contribution in [0.15, 0.2) is 42.1 Å². The lowest BCUT2D eigenvalue weighted by molar-refractivity contribution is -0.122. The monoisotopic (exact) mass is 522 g/mol. The Balaban J connectivity index is 1.84. The third-order valence-corrected chi connectivity index (χ3v) is 5.20. The van der Waals surface area contributed by atoms with E-state index in [0.717, 1.165) is 8.47 Å².